The molecule has 0 radical (unpaired) electrons. The summed E-state index contributed by atoms with van der Waals surface area (Å²) in [5.41, 5.74) is 1.26. The number of amides is 1. The van der Waals surface area contributed by atoms with E-state index in [2.05, 4.69) is 10.4 Å². The number of nitrogens with zero attached hydrogens (tertiary/aromatic N) is 3. The molecule has 1 aromatic heterocycles. The Morgan fingerprint density at radius 2 is 1.89 bits per heavy atom. The van der Waals surface area contributed by atoms with E-state index >= 15 is 0 Å². The van der Waals surface area contributed by atoms with Crippen LogP contribution in [0.5, 0.6) is 11.5 Å². The molecule has 1 amide bonds. The zero-order chi connectivity index (χ0) is 20.5. The fraction of sp³-hybridized carbons (Fsp3) is 0.450. The van der Waals surface area contributed by atoms with Gasteiger partial charge in [-0.3, -0.25) is 9.59 Å². The van der Waals surface area contributed by atoms with E-state index in [4.69, 9.17) is 9.47 Å². The highest BCUT2D eigenvalue weighted by Crippen LogP contribution is 2.31. The summed E-state index contributed by atoms with van der Waals surface area (Å²) in [7, 11) is 7.05. The number of nitrogens with one attached hydrogen (secondary N) is 1. The molecule has 0 atom stereocenters. The van der Waals surface area contributed by atoms with Gasteiger partial charge in [-0.2, -0.15) is 5.10 Å². The average Bonchev–Trinajstić information content (AvgIpc) is 2.68. The minimum Gasteiger partial charge on any atom is -0.493 e. The van der Waals surface area contributed by atoms with E-state index in [0.29, 0.717) is 43.1 Å². The monoisotopic (exact) mass is 388 g/mol. The zero-order valence-electron chi connectivity index (χ0n) is 16.9. The largest absolute Gasteiger partial charge is 0.493 e. The third kappa shape index (κ3) is 6.09. The molecule has 2 rings (SSSR count). The Morgan fingerprint density at radius 1 is 1.14 bits per heavy atom. The van der Waals surface area contributed by atoms with Crippen molar-refractivity contribution in [1.82, 2.24) is 20.0 Å². The lowest BCUT2D eigenvalue weighted by Gasteiger charge is -2.11. The fourth-order valence-corrected chi connectivity index (χ4v) is 2.66. The number of aryl methyl sites for hydroxylation is 1. The third-order valence-electron chi connectivity index (χ3n) is 4.20. The number of likely N-dealkylation sites (N-methyl/N-ethyl adjacent to an activating group) is 1. The number of carbonyl (C=O) groups is 1. The highest BCUT2D eigenvalue weighted by atomic mass is 16.5. The lowest BCUT2D eigenvalue weighted by molar-refractivity contribution is -0.121. The molecular formula is C20H28N4O4. The number of ether oxygens (including phenoxy) is 2. The van der Waals surface area contributed by atoms with Crippen LogP contribution in [-0.2, 0) is 11.3 Å². The summed E-state index contributed by atoms with van der Waals surface area (Å²) in [5.74, 6) is 1.19. The van der Waals surface area contributed by atoms with Gasteiger partial charge < -0.3 is 19.7 Å². The molecule has 0 aliphatic heterocycles. The summed E-state index contributed by atoms with van der Waals surface area (Å²) >= 11 is 0. The van der Waals surface area contributed by atoms with Gasteiger partial charge in [0.05, 0.1) is 19.9 Å². The number of aromatic nitrogens is 2. The van der Waals surface area contributed by atoms with Crippen LogP contribution in [0, 0.1) is 0 Å². The number of carbonyl (C=O) groups excluding carboxylic acids is 1. The maximum absolute atomic E-state index is 12.1. The molecule has 0 aliphatic carbocycles. The second-order valence-corrected chi connectivity index (χ2v) is 6.61. The van der Waals surface area contributed by atoms with E-state index in [1.54, 1.807) is 26.4 Å². The summed E-state index contributed by atoms with van der Waals surface area (Å²) in [6.07, 6.45) is 0.887. The SMILES string of the molecule is COc1ccc(-c2ccc(=O)n(CCCC(=O)NCCN(C)C)n2)cc1OC. The van der Waals surface area contributed by atoms with Gasteiger partial charge in [-0.1, -0.05) is 0 Å². The zero-order valence-corrected chi connectivity index (χ0v) is 16.9. The summed E-state index contributed by atoms with van der Waals surface area (Å²) in [4.78, 5) is 26.0. The van der Waals surface area contributed by atoms with Gasteiger partial charge in [0.25, 0.3) is 5.56 Å². The molecule has 0 fully saturated rings. The van der Waals surface area contributed by atoms with Crippen LogP contribution in [0.4, 0.5) is 0 Å². The third-order valence-corrected chi connectivity index (χ3v) is 4.20. The van der Waals surface area contributed by atoms with Crippen LogP contribution in [0.25, 0.3) is 11.3 Å². The summed E-state index contributed by atoms with van der Waals surface area (Å²) in [6.45, 7) is 1.78. The molecule has 8 nitrogen and oxygen atoms in total. The van der Waals surface area contributed by atoms with Gasteiger partial charge >= 0.3 is 0 Å². The van der Waals surface area contributed by atoms with Crippen LogP contribution in [0.3, 0.4) is 0 Å². The van der Waals surface area contributed by atoms with Crippen LogP contribution >= 0.6 is 0 Å². The van der Waals surface area contributed by atoms with Crippen molar-refractivity contribution in [3.63, 3.8) is 0 Å². The Labute approximate surface area is 165 Å². The van der Waals surface area contributed by atoms with Crippen molar-refractivity contribution in [3.05, 3.63) is 40.7 Å². The lowest BCUT2D eigenvalue weighted by atomic mass is 10.1. The molecule has 0 saturated heterocycles. The highest BCUT2D eigenvalue weighted by molar-refractivity contribution is 5.75. The average molecular weight is 388 g/mol. The van der Waals surface area contributed by atoms with Crippen molar-refractivity contribution < 1.29 is 14.3 Å². The summed E-state index contributed by atoms with van der Waals surface area (Å²) in [5, 5.41) is 7.29. The van der Waals surface area contributed by atoms with Crippen LogP contribution in [0.2, 0.25) is 0 Å². The predicted octanol–water partition coefficient (Wildman–Crippen LogP) is 1.39. The normalized spacial score (nSPS) is 10.8. The maximum Gasteiger partial charge on any atom is 0.266 e. The second kappa shape index (κ2) is 10.5. The Bertz CT molecular complexity index is 848. The minimum atomic E-state index is -0.197. The van der Waals surface area contributed by atoms with Gasteiger partial charge in [-0.15, -0.1) is 0 Å². The Kier molecular flexibility index (Phi) is 8.01. The van der Waals surface area contributed by atoms with Crippen molar-refractivity contribution >= 4 is 5.91 Å². The Balaban J connectivity index is 2.02. The molecule has 0 bridgehead atoms. The number of rotatable bonds is 10. The lowest BCUT2D eigenvalue weighted by Crippen LogP contribution is -2.31. The van der Waals surface area contributed by atoms with E-state index in [1.807, 2.05) is 31.1 Å². The maximum atomic E-state index is 12.1. The molecule has 1 aromatic carbocycles. The van der Waals surface area contributed by atoms with Crippen molar-refractivity contribution in [3.8, 4) is 22.8 Å². The number of benzene rings is 1. The van der Waals surface area contributed by atoms with E-state index in [1.165, 1.54) is 10.7 Å². The molecule has 0 saturated carbocycles. The van der Waals surface area contributed by atoms with Gasteiger partial charge in [0, 0.05) is 37.7 Å². The molecule has 0 aliphatic rings. The summed E-state index contributed by atoms with van der Waals surface area (Å²) in [6, 6.07) is 8.62. The topological polar surface area (TPSA) is 85.7 Å². The van der Waals surface area contributed by atoms with Crippen LogP contribution in [0.1, 0.15) is 12.8 Å². The number of methoxy groups -OCH3 is 2. The van der Waals surface area contributed by atoms with Gasteiger partial charge in [0.1, 0.15) is 0 Å². The standard InChI is InChI=1S/C20H28N4O4/c1-23(2)13-11-21-19(25)6-5-12-24-20(26)10-8-16(22-24)15-7-9-17(27-3)18(14-15)28-4/h7-10,14H,5-6,11-13H2,1-4H3,(H,21,25). The molecule has 0 unspecified atom stereocenters. The quantitative estimate of drug-likeness (QED) is 0.662. The minimum absolute atomic E-state index is 0.0223. The Morgan fingerprint density at radius 3 is 2.57 bits per heavy atom. The molecule has 28 heavy (non-hydrogen) atoms. The molecule has 2 aromatic rings. The van der Waals surface area contributed by atoms with Gasteiger partial charge in [0.2, 0.25) is 5.91 Å². The van der Waals surface area contributed by atoms with Crippen molar-refractivity contribution in [1.29, 1.82) is 0 Å². The van der Waals surface area contributed by atoms with E-state index in [-0.39, 0.29) is 11.5 Å². The van der Waals surface area contributed by atoms with Crippen LogP contribution in [-0.4, -0.2) is 62.0 Å². The molecule has 0 spiro atoms. The number of hydrogen-bond acceptors (Lipinski definition) is 6. The van der Waals surface area contributed by atoms with Gasteiger partial charge in [-0.05, 0) is 44.8 Å². The van der Waals surface area contributed by atoms with Crippen LogP contribution < -0.4 is 20.3 Å². The molecule has 1 heterocycles. The smallest absolute Gasteiger partial charge is 0.266 e. The number of hydrogen-bond donors (Lipinski definition) is 1. The van der Waals surface area contributed by atoms with Gasteiger partial charge in [0.15, 0.2) is 11.5 Å². The van der Waals surface area contributed by atoms with E-state index < -0.39 is 0 Å². The van der Waals surface area contributed by atoms with Gasteiger partial charge in [-0.25, -0.2) is 4.68 Å². The van der Waals surface area contributed by atoms with Crippen LogP contribution in [0.15, 0.2) is 35.1 Å². The highest BCUT2D eigenvalue weighted by Gasteiger charge is 2.09. The first kappa shape index (κ1) is 21.4. The fourth-order valence-electron chi connectivity index (χ4n) is 2.66. The van der Waals surface area contributed by atoms with E-state index in [9.17, 15) is 9.59 Å². The predicted molar refractivity (Wildman–Crippen MR) is 108 cm³/mol. The molecular weight excluding hydrogens is 360 g/mol. The first-order chi connectivity index (χ1) is 13.4. The molecule has 8 heteroatoms. The molecule has 1 N–H and O–H groups in total. The molecule has 152 valence electrons. The van der Waals surface area contributed by atoms with E-state index in [0.717, 1.165) is 12.1 Å². The van der Waals surface area contributed by atoms with Crippen molar-refractivity contribution in [2.24, 2.45) is 0 Å². The first-order valence-electron chi connectivity index (χ1n) is 9.16. The Hall–Kier alpha value is -2.87. The second-order valence-electron chi connectivity index (χ2n) is 6.61. The summed E-state index contributed by atoms with van der Waals surface area (Å²) < 4.78 is 12.0. The first-order valence-corrected chi connectivity index (χ1v) is 9.16. The van der Waals surface area contributed by atoms with Crippen molar-refractivity contribution in [2.75, 3.05) is 41.4 Å². The van der Waals surface area contributed by atoms with Crippen molar-refractivity contribution in [2.45, 2.75) is 19.4 Å².